The highest BCUT2D eigenvalue weighted by Gasteiger charge is 1.95. The maximum Gasteiger partial charge on any atom is 0.210 e. The van der Waals surface area contributed by atoms with Crippen molar-refractivity contribution in [1.29, 1.82) is 0 Å². The van der Waals surface area contributed by atoms with Crippen LogP contribution in [-0.4, -0.2) is 17.5 Å². The lowest BCUT2D eigenvalue weighted by atomic mass is 10.4. The van der Waals surface area contributed by atoms with E-state index in [9.17, 15) is 0 Å². The van der Waals surface area contributed by atoms with E-state index in [4.69, 9.17) is 5.84 Å². The van der Waals surface area contributed by atoms with Crippen molar-refractivity contribution in [2.24, 2.45) is 10.8 Å². The van der Waals surface area contributed by atoms with Gasteiger partial charge >= 0.3 is 0 Å². The minimum absolute atomic E-state index is 0.555. The number of rotatable bonds is 3. The number of nitrogens with zero attached hydrogens (tertiary/aromatic N) is 2. The van der Waals surface area contributed by atoms with Crippen LogP contribution in [0, 0.1) is 0 Å². The zero-order valence-corrected chi connectivity index (χ0v) is 8.20. The van der Waals surface area contributed by atoms with Gasteiger partial charge in [-0.2, -0.15) is 0 Å². The third-order valence-electron chi connectivity index (χ3n) is 1.55. The molecule has 0 bridgehead atoms. The number of hydrogen-bond donors (Lipinski definition) is 3. The molecule has 5 heteroatoms. The summed E-state index contributed by atoms with van der Waals surface area (Å²) in [6, 6.07) is 3.74. The van der Waals surface area contributed by atoms with Crippen LogP contribution in [0.1, 0.15) is 13.3 Å². The van der Waals surface area contributed by atoms with Crippen molar-refractivity contribution in [2.45, 2.75) is 13.3 Å². The van der Waals surface area contributed by atoms with Crippen molar-refractivity contribution < 1.29 is 0 Å². The van der Waals surface area contributed by atoms with E-state index in [1.54, 1.807) is 12.4 Å². The molecule has 0 saturated carbocycles. The summed E-state index contributed by atoms with van der Waals surface area (Å²) in [7, 11) is 0. The first-order valence-corrected chi connectivity index (χ1v) is 4.55. The van der Waals surface area contributed by atoms with Crippen molar-refractivity contribution in [2.75, 3.05) is 11.9 Å². The first kappa shape index (κ1) is 10.5. The molecule has 0 aromatic carbocycles. The SMILES string of the molecule is CCCN=C(NN)Nc1cccnc1. The van der Waals surface area contributed by atoms with E-state index >= 15 is 0 Å². The summed E-state index contributed by atoms with van der Waals surface area (Å²) < 4.78 is 0. The van der Waals surface area contributed by atoms with E-state index in [-0.39, 0.29) is 0 Å². The maximum atomic E-state index is 5.30. The number of anilines is 1. The Bertz CT molecular complexity index is 283. The number of guanidine groups is 1. The number of hydrazine groups is 1. The fourth-order valence-electron chi connectivity index (χ4n) is 0.918. The molecular weight excluding hydrogens is 178 g/mol. The molecule has 0 atom stereocenters. The highest BCUT2D eigenvalue weighted by molar-refractivity contribution is 5.92. The average molecular weight is 193 g/mol. The van der Waals surface area contributed by atoms with Gasteiger partial charge in [0.2, 0.25) is 5.96 Å². The van der Waals surface area contributed by atoms with Gasteiger partial charge < -0.3 is 5.32 Å². The van der Waals surface area contributed by atoms with Crippen molar-refractivity contribution in [3.63, 3.8) is 0 Å². The van der Waals surface area contributed by atoms with E-state index < -0.39 is 0 Å². The Morgan fingerprint density at radius 3 is 3.07 bits per heavy atom. The van der Waals surface area contributed by atoms with Crippen LogP contribution in [0.5, 0.6) is 0 Å². The predicted molar refractivity (Wildman–Crippen MR) is 57.8 cm³/mol. The second kappa shape index (κ2) is 5.93. The van der Waals surface area contributed by atoms with Gasteiger partial charge in [0.05, 0.1) is 11.9 Å². The number of nitrogens with two attached hydrogens (primary N) is 1. The number of hydrogen-bond acceptors (Lipinski definition) is 3. The highest BCUT2D eigenvalue weighted by atomic mass is 15.3. The molecule has 0 aliphatic carbocycles. The second-order valence-electron chi connectivity index (χ2n) is 2.74. The lowest BCUT2D eigenvalue weighted by molar-refractivity contribution is 0.905. The molecule has 4 N–H and O–H groups in total. The third kappa shape index (κ3) is 3.40. The summed E-state index contributed by atoms with van der Waals surface area (Å²) in [5, 5.41) is 3.01. The standard InChI is InChI=1S/C9H15N5/c1-2-5-12-9(14-10)13-8-4-3-6-11-7-8/h3-4,6-7H,2,5,10H2,1H3,(H2,12,13,14). The summed E-state index contributed by atoms with van der Waals surface area (Å²) >= 11 is 0. The Kier molecular flexibility index (Phi) is 4.43. The monoisotopic (exact) mass is 193 g/mol. The van der Waals surface area contributed by atoms with Crippen LogP contribution in [0.4, 0.5) is 5.69 Å². The fraction of sp³-hybridized carbons (Fsp3) is 0.333. The Morgan fingerprint density at radius 1 is 1.64 bits per heavy atom. The molecule has 5 nitrogen and oxygen atoms in total. The van der Waals surface area contributed by atoms with Gasteiger partial charge in [0.25, 0.3) is 0 Å². The highest BCUT2D eigenvalue weighted by Crippen LogP contribution is 2.01. The molecular formula is C9H15N5. The van der Waals surface area contributed by atoms with Gasteiger partial charge in [0, 0.05) is 12.7 Å². The van der Waals surface area contributed by atoms with Crippen LogP contribution < -0.4 is 16.6 Å². The number of nitrogens with one attached hydrogen (secondary N) is 2. The molecule has 1 heterocycles. The first-order chi connectivity index (χ1) is 6.86. The quantitative estimate of drug-likeness (QED) is 0.286. The molecule has 0 unspecified atom stereocenters. The summed E-state index contributed by atoms with van der Waals surface area (Å²) in [6.07, 6.45) is 4.41. The van der Waals surface area contributed by atoms with Crippen LogP contribution in [0.2, 0.25) is 0 Å². The van der Waals surface area contributed by atoms with Crippen molar-refractivity contribution in [1.82, 2.24) is 10.4 Å². The number of pyridine rings is 1. The Labute approximate surface area is 83.4 Å². The van der Waals surface area contributed by atoms with Crippen molar-refractivity contribution >= 4 is 11.6 Å². The second-order valence-corrected chi connectivity index (χ2v) is 2.74. The minimum Gasteiger partial charge on any atom is -0.324 e. The molecule has 0 amide bonds. The minimum atomic E-state index is 0.555. The number of aliphatic imine (C=N–C) groups is 1. The Hall–Kier alpha value is -1.62. The molecule has 1 aromatic rings. The molecule has 76 valence electrons. The van der Waals surface area contributed by atoms with Crippen molar-refractivity contribution in [3.8, 4) is 0 Å². The Morgan fingerprint density at radius 2 is 2.50 bits per heavy atom. The molecule has 1 aromatic heterocycles. The molecule has 0 spiro atoms. The summed E-state index contributed by atoms with van der Waals surface area (Å²) in [5.74, 6) is 5.85. The summed E-state index contributed by atoms with van der Waals surface area (Å²) in [5.41, 5.74) is 3.36. The van der Waals surface area contributed by atoms with Gasteiger partial charge in [-0.25, -0.2) is 5.84 Å². The summed E-state index contributed by atoms with van der Waals surface area (Å²) in [4.78, 5) is 8.16. The topological polar surface area (TPSA) is 75.3 Å². The van der Waals surface area contributed by atoms with Crippen LogP contribution in [-0.2, 0) is 0 Å². The van der Waals surface area contributed by atoms with Crippen LogP contribution in [0.3, 0.4) is 0 Å². The van der Waals surface area contributed by atoms with E-state index in [2.05, 4.69) is 27.6 Å². The average Bonchev–Trinajstić information content (AvgIpc) is 2.25. The molecule has 1 rings (SSSR count). The zero-order chi connectivity index (χ0) is 10.2. The molecule has 0 fully saturated rings. The molecule has 0 radical (unpaired) electrons. The van der Waals surface area contributed by atoms with E-state index in [0.717, 1.165) is 18.7 Å². The van der Waals surface area contributed by atoms with Gasteiger partial charge in [-0.1, -0.05) is 6.92 Å². The predicted octanol–water partition coefficient (Wildman–Crippen LogP) is 0.723. The summed E-state index contributed by atoms with van der Waals surface area (Å²) in [6.45, 7) is 2.80. The third-order valence-corrected chi connectivity index (χ3v) is 1.55. The maximum absolute atomic E-state index is 5.30. The molecule has 14 heavy (non-hydrogen) atoms. The van der Waals surface area contributed by atoms with Gasteiger partial charge in [-0.15, -0.1) is 0 Å². The van der Waals surface area contributed by atoms with Gasteiger partial charge in [0.1, 0.15) is 0 Å². The lowest BCUT2D eigenvalue weighted by Crippen LogP contribution is -2.36. The number of aromatic nitrogens is 1. The Balaban J connectivity index is 2.57. The zero-order valence-electron chi connectivity index (χ0n) is 8.20. The van der Waals surface area contributed by atoms with Crippen molar-refractivity contribution in [3.05, 3.63) is 24.5 Å². The molecule has 0 aliphatic heterocycles. The molecule has 0 aliphatic rings. The van der Waals surface area contributed by atoms with E-state index in [1.165, 1.54) is 0 Å². The van der Waals surface area contributed by atoms with Gasteiger partial charge in [-0.05, 0) is 18.6 Å². The lowest BCUT2D eigenvalue weighted by Gasteiger charge is -2.07. The van der Waals surface area contributed by atoms with Gasteiger partial charge in [0.15, 0.2) is 0 Å². The van der Waals surface area contributed by atoms with Gasteiger partial charge in [-0.3, -0.25) is 15.4 Å². The van der Waals surface area contributed by atoms with E-state index in [1.807, 2.05) is 12.1 Å². The van der Waals surface area contributed by atoms with Crippen LogP contribution in [0.15, 0.2) is 29.5 Å². The fourth-order valence-corrected chi connectivity index (χ4v) is 0.918. The van der Waals surface area contributed by atoms with Crippen LogP contribution in [0.25, 0.3) is 0 Å². The van der Waals surface area contributed by atoms with Crippen LogP contribution >= 0.6 is 0 Å². The first-order valence-electron chi connectivity index (χ1n) is 4.55. The smallest absolute Gasteiger partial charge is 0.210 e. The van der Waals surface area contributed by atoms with E-state index in [0.29, 0.717) is 5.96 Å². The largest absolute Gasteiger partial charge is 0.324 e. The molecule has 0 saturated heterocycles. The normalized spacial score (nSPS) is 11.1.